The van der Waals surface area contributed by atoms with E-state index < -0.39 is 5.54 Å². The van der Waals surface area contributed by atoms with E-state index in [1.807, 2.05) is 0 Å². The van der Waals surface area contributed by atoms with E-state index in [-0.39, 0.29) is 12.5 Å². The van der Waals surface area contributed by atoms with Gasteiger partial charge in [0.15, 0.2) is 11.5 Å². The third-order valence-corrected chi connectivity index (χ3v) is 2.97. The zero-order chi connectivity index (χ0) is 11.2. The van der Waals surface area contributed by atoms with Gasteiger partial charge in [-0.2, -0.15) is 4.99 Å². The van der Waals surface area contributed by atoms with Gasteiger partial charge in [-0.05, 0) is 30.5 Å². The fourth-order valence-electron chi connectivity index (χ4n) is 1.93. The molecule has 1 heterocycles. The largest absolute Gasteiger partial charge is 0.504 e. The number of phenolic OH excluding ortho intramolecular Hbond substituents is 1. The van der Waals surface area contributed by atoms with E-state index in [2.05, 4.69) is 4.99 Å². The molecule has 0 unspecified atom stereocenters. The normalized spacial score (nSPS) is 19.0. The third-order valence-electron chi connectivity index (χ3n) is 2.97. The van der Waals surface area contributed by atoms with Gasteiger partial charge in [-0.1, -0.05) is 0 Å². The van der Waals surface area contributed by atoms with Crippen LogP contribution in [0.3, 0.4) is 0 Å². The predicted octanol–water partition coefficient (Wildman–Crippen LogP) is 1.45. The van der Waals surface area contributed by atoms with Gasteiger partial charge < -0.3 is 14.6 Å². The number of aliphatic imine (C=N–C) groups is 1. The Hall–Kier alpha value is -2.00. The summed E-state index contributed by atoms with van der Waals surface area (Å²) in [6.07, 6.45) is 3.16. The second kappa shape index (κ2) is 3.00. The van der Waals surface area contributed by atoms with Crippen molar-refractivity contribution in [3.8, 4) is 17.2 Å². The Morgan fingerprint density at radius 3 is 2.88 bits per heavy atom. The Kier molecular flexibility index (Phi) is 1.73. The van der Waals surface area contributed by atoms with Crippen molar-refractivity contribution < 1.29 is 19.4 Å². The number of rotatable bonds is 2. The van der Waals surface area contributed by atoms with Crippen LogP contribution in [-0.4, -0.2) is 18.0 Å². The van der Waals surface area contributed by atoms with Crippen molar-refractivity contribution in [3.05, 3.63) is 17.7 Å². The lowest BCUT2D eigenvalue weighted by Gasteiger charge is -2.09. The number of isocyanates is 1. The summed E-state index contributed by atoms with van der Waals surface area (Å²) in [6, 6.07) is 3.33. The minimum Gasteiger partial charge on any atom is -0.504 e. The molecule has 1 aromatic rings. The van der Waals surface area contributed by atoms with Crippen molar-refractivity contribution in [2.24, 2.45) is 4.99 Å². The maximum absolute atomic E-state index is 10.3. The fraction of sp³-hybridized carbons (Fsp3) is 0.364. The molecule has 1 aromatic carbocycles. The number of benzene rings is 1. The van der Waals surface area contributed by atoms with Crippen LogP contribution in [0.25, 0.3) is 0 Å². The van der Waals surface area contributed by atoms with Crippen LogP contribution >= 0.6 is 0 Å². The highest BCUT2D eigenvalue weighted by atomic mass is 16.7. The number of phenols is 1. The highest BCUT2D eigenvalue weighted by Crippen LogP contribution is 2.53. The number of hydrogen-bond donors (Lipinski definition) is 1. The molecule has 5 heteroatoms. The number of hydrogen-bond acceptors (Lipinski definition) is 5. The Bertz CT molecular complexity index is 501. The molecule has 1 N–H and O–H groups in total. The Labute approximate surface area is 91.3 Å². The number of fused-ring (bicyclic) bond motifs is 1. The Balaban J connectivity index is 2.10. The number of nitrogens with zero attached hydrogens (tertiary/aromatic N) is 1. The van der Waals surface area contributed by atoms with Crippen LogP contribution in [0.4, 0.5) is 0 Å². The van der Waals surface area contributed by atoms with E-state index in [0.29, 0.717) is 11.5 Å². The molecule has 0 atom stereocenters. The summed E-state index contributed by atoms with van der Waals surface area (Å²) in [7, 11) is 0. The first-order valence-electron chi connectivity index (χ1n) is 4.97. The molecule has 16 heavy (non-hydrogen) atoms. The first kappa shape index (κ1) is 9.24. The van der Waals surface area contributed by atoms with Gasteiger partial charge in [0.05, 0.1) is 5.54 Å². The smallest absolute Gasteiger partial charge is 0.235 e. The maximum atomic E-state index is 10.3. The number of aromatic hydroxyl groups is 1. The molecule has 0 radical (unpaired) electrons. The van der Waals surface area contributed by atoms with E-state index in [0.717, 1.165) is 18.4 Å². The quantitative estimate of drug-likeness (QED) is 0.603. The first-order chi connectivity index (χ1) is 7.75. The first-order valence-corrected chi connectivity index (χ1v) is 4.97. The zero-order valence-corrected chi connectivity index (χ0v) is 8.40. The van der Waals surface area contributed by atoms with Crippen molar-refractivity contribution in [2.75, 3.05) is 6.79 Å². The summed E-state index contributed by atoms with van der Waals surface area (Å²) in [5.74, 6) is 0.884. The van der Waals surface area contributed by atoms with Crippen LogP contribution in [0.5, 0.6) is 17.2 Å². The molecule has 3 rings (SSSR count). The molecule has 0 aromatic heterocycles. The van der Waals surface area contributed by atoms with E-state index in [1.165, 1.54) is 0 Å². The van der Waals surface area contributed by atoms with E-state index in [4.69, 9.17) is 9.47 Å². The standard InChI is InChI=1S/C11H9NO4/c13-5-12-11(1-2-11)7-3-8(14)10-9(4-7)15-6-16-10/h3-4,14H,1-2,6H2. The summed E-state index contributed by atoms with van der Waals surface area (Å²) in [5.41, 5.74) is 0.276. The summed E-state index contributed by atoms with van der Waals surface area (Å²) in [4.78, 5) is 14.1. The van der Waals surface area contributed by atoms with Crippen LogP contribution < -0.4 is 9.47 Å². The van der Waals surface area contributed by atoms with E-state index in [9.17, 15) is 9.90 Å². The summed E-state index contributed by atoms with van der Waals surface area (Å²) >= 11 is 0. The van der Waals surface area contributed by atoms with Crippen LogP contribution in [0.15, 0.2) is 17.1 Å². The molecular weight excluding hydrogens is 210 g/mol. The average Bonchev–Trinajstić information content (AvgIpc) is 2.89. The second-order valence-corrected chi connectivity index (χ2v) is 3.96. The van der Waals surface area contributed by atoms with Gasteiger partial charge in [0, 0.05) is 0 Å². The molecule has 1 aliphatic carbocycles. The van der Waals surface area contributed by atoms with Crippen LogP contribution in [0.1, 0.15) is 18.4 Å². The summed E-state index contributed by atoms with van der Waals surface area (Å²) < 4.78 is 10.3. The van der Waals surface area contributed by atoms with Gasteiger partial charge in [-0.15, -0.1) is 0 Å². The molecule has 0 spiro atoms. The molecule has 0 saturated heterocycles. The molecule has 5 nitrogen and oxygen atoms in total. The molecular formula is C11H9NO4. The Morgan fingerprint density at radius 2 is 2.19 bits per heavy atom. The second-order valence-electron chi connectivity index (χ2n) is 3.96. The minimum absolute atomic E-state index is 0.0253. The van der Waals surface area contributed by atoms with Gasteiger partial charge in [0.2, 0.25) is 18.6 Å². The predicted molar refractivity (Wildman–Crippen MR) is 53.3 cm³/mol. The van der Waals surface area contributed by atoms with Crippen molar-refractivity contribution in [2.45, 2.75) is 18.4 Å². The van der Waals surface area contributed by atoms with Gasteiger partial charge in [-0.25, -0.2) is 4.79 Å². The van der Waals surface area contributed by atoms with E-state index >= 15 is 0 Å². The summed E-state index contributed by atoms with van der Waals surface area (Å²) in [6.45, 7) is 0.107. The van der Waals surface area contributed by atoms with Gasteiger partial charge in [0.1, 0.15) is 0 Å². The van der Waals surface area contributed by atoms with Crippen molar-refractivity contribution in [3.63, 3.8) is 0 Å². The van der Waals surface area contributed by atoms with Gasteiger partial charge >= 0.3 is 0 Å². The molecule has 82 valence electrons. The van der Waals surface area contributed by atoms with Crippen LogP contribution in [0, 0.1) is 0 Å². The monoisotopic (exact) mass is 219 g/mol. The Morgan fingerprint density at radius 1 is 1.38 bits per heavy atom. The SMILES string of the molecule is O=C=NC1(c2cc(O)c3c(c2)OCO3)CC1. The lowest BCUT2D eigenvalue weighted by Crippen LogP contribution is -2.01. The van der Waals surface area contributed by atoms with Crippen molar-refractivity contribution >= 4 is 6.08 Å². The molecule has 1 aliphatic heterocycles. The molecule has 0 amide bonds. The van der Waals surface area contributed by atoms with Gasteiger partial charge in [-0.3, -0.25) is 0 Å². The number of ether oxygens (including phenoxy) is 2. The summed E-state index contributed by atoms with van der Waals surface area (Å²) in [5, 5.41) is 9.73. The molecule has 1 saturated carbocycles. The molecule has 0 bridgehead atoms. The van der Waals surface area contributed by atoms with Crippen LogP contribution in [0.2, 0.25) is 0 Å². The third kappa shape index (κ3) is 1.19. The lowest BCUT2D eigenvalue weighted by atomic mass is 10.0. The minimum atomic E-state index is -0.500. The average molecular weight is 219 g/mol. The molecule has 1 fully saturated rings. The van der Waals surface area contributed by atoms with E-state index in [1.54, 1.807) is 18.2 Å². The maximum Gasteiger partial charge on any atom is 0.235 e. The highest BCUT2D eigenvalue weighted by Gasteiger charge is 2.46. The van der Waals surface area contributed by atoms with Crippen molar-refractivity contribution in [1.29, 1.82) is 0 Å². The molecule has 2 aliphatic rings. The van der Waals surface area contributed by atoms with Gasteiger partial charge in [0.25, 0.3) is 0 Å². The highest BCUT2D eigenvalue weighted by molar-refractivity contribution is 5.57. The zero-order valence-electron chi connectivity index (χ0n) is 8.40. The van der Waals surface area contributed by atoms with Crippen molar-refractivity contribution in [1.82, 2.24) is 0 Å². The lowest BCUT2D eigenvalue weighted by molar-refractivity contribution is 0.171. The number of carbonyl (C=O) groups excluding carboxylic acids is 1. The van der Waals surface area contributed by atoms with Crippen LogP contribution in [-0.2, 0) is 10.3 Å². The fourth-order valence-corrected chi connectivity index (χ4v) is 1.93. The topological polar surface area (TPSA) is 68.1 Å².